The molecule has 0 fully saturated rings. The summed E-state index contributed by atoms with van der Waals surface area (Å²) in [6.45, 7) is 4.76. The summed E-state index contributed by atoms with van der Waals surface area (Å²) in [5.74, 6) is -0.0845. The standard InChI is InChI=1S/C19H21N3O/c1-14-8-4-5-10-17(14)13-22(3)15(2)19(23)21-18-11-7-6-9-16(18)12-20/h4-11,15H,13H2,1-3H3,(H,21,23)/p+1/t15-/m1/s1. The molecule has 0 spiro atoms. The molecule has 118 valence electrons. The molecular weight excluding hydrogens is 286 g/mol. The Bertz CT molecular complexity index is 733. The lowest BCUT2D eigenvalue weighted by atomic mass is 10.1. The molecule has 2 N–H and O–H groups in total. The predicted molar refractivity (Wildman–Crippen MR) is 91.0 cm³/mol. The number of likely N-dealkylation sites (N-methyl/N-ethyl adjacent to an activating group) is 1. The number of hydrogen-bond donors (Lipinski definition) is 2. The van der Waals surface area contributed by atoms with Crippen LogP contribution in [0.1, 0.15) is 23.6 Å². The van der Waals surface area contributed by atoms with Crippen LogP contribution >= 0.6 is 0 Å². The van der Waals surface area contributed by atoms with Gasteiger partial charge in [0.2, 0.25) is 0 Å². The average molecular weight is 308 g/mol. The van der Waals surface area contributed by atoms with Crippen molar-refractivity contribution in [3.8, 4) is 6.07 Å². The number of carbonyl (C=O) groups excluding carboxylic acids is 1. The first kappa shape index (κ1) is 16.7. The lowest BCUT2D eigenvalue weighted by Gasteiger charge is -2.22. The second kappa shape index (κ2) is 7.57. The smallest absolute Gasteiger partial charge is 0.282 e. The maximum absolute atomic E-state index is 12.5. The zero-order valence-corrected chi connectivity index (χ0v) is 13.8. The molecule has 0 aliphatic rings. The molecule has 0 bridgehead atoms. The van der Waals surface area contributed by atoms with Crippen LogP contribution in [-0.2, 0) is 11.3 Å². The third-order valence-electron chi connectivity index (χ3n) is 4.17. The Hall–Kier alpha value is -2.64. The molecule has 1 amide bonds. The van der Waals surface area contributed by atoms with E-state index in [1.165, 1.54) is 11.1 Å². The number of aryl methyl sites for hydroxylation is 1. The number of nitrogens with one attached hydrogen (secondary N) is 2. The van der Waals surface area contributed by atoms with E-state index in [1.807, 2.05) is 32.2 Å². The fourth-order valence-corrected chi connectivity index (χ4v) is 2.42. The monoisotopic (exact) mass is 308 g/mol. The SMILES string of the molecule is Cc1ccccc1C[NH+](C)[C@H](C)C(=O)Nc1ccccc1C#N. The molecule has 0 saturated heterocycles. The van der Waals surface area contributed by atoms with E-state index in [1.54, 1.807) is 18.2 Å². The van der Waals surface area contributed by atoms with E-state index < -0.39 is 0 Å². The third-order valence-corrected chi connectivity index (χ3v) is 4.17. The molecule has 1 unspecified atom stereocenters. The summed E-state index contributed by atoms with van der Waals surface area (Å²) in [6, 6.07) is 17.1. The number of rotatable bonds is 5. The summed E-state index contributed by atoms with van der Waals surface area (Å²) in [7, 11) is 2.01. The molecule has 4 nitrogen and oxygen atoms in total. The van der Waals surface area contributed by atoms with Gasteiger partial charge in [-0.25, -0.2) is 0 Å². The number of carbonyl (C=O) groups is 1. The molecule has 0 radical (unpaired) electrons. The molecule has 0 aliphatic carbocycles. The highest BCUT2D eigenvalue weighted by molar-refractivity contribution is 5.94. The lowest BCUT2D eigenvalue weighted by molar-refractivity contribution is -0.907. The van der Waals surface area contributed by atoms with Crippen molar-refractivity contribution < 1.29 is 9.69 Å². The van der Waals surface area contributed by atoms with Gasteiger partial charge >= 0.3 is 0 Å². The fraction of sp³-hybridized carbons (Fsp3) is 0.263. The van der Waals surface area contributed by atoms with Gasteiger partial charge in [0.05, 0.1) is 18.3 Å². The van der Waals surface area contributed by atoms with Crippen LogP contribution in [0, 0.1) is 18.3 Å². The van der Waals surface area contributed by atoms with Crippen molar-refractivity contribution in [2.24, 2.45) is 0 Å². The fourth-order valence-electron chi connectivity index (χ4n) is 2.42. The van der Waals surface area contributed by atoms with Crippen molar-refractivity contribution in [3.63, 3.8) is 0 Å². The van der Waals surface area contributed by atoms with Crippen molar-refractivity contribution in [2.45, 2.75) is 26.4 Å². The second-order valence-corrected chi connectivity index (χ2v) is 5.82. The van der Waals surface area contributed by atoms with Gasteiger partial charge in [-0.05, 0) is 31.5 Å². The van der Waals surface area contributed by atoms with Crippen molar-refractivity contribution in [1.82, 2.24) is 0 Å². The first-order chi connectivity index (χ1) is 11.0. The minimum absolute atomic E-state index is 0.0845. The van der Waals surface area contributed by atoms with Crippen molar-refractivity contribution in [2.75, 3.05) is 12.4 Å². The van der Waals surface area contributed by atoms with Crippen molar-refractivity contribution in [1.29, 1.82) is 5.26 Å². The van der Waals surface area contributed by atoms with E-state index in [4.69, 9.17) is 5.26 Å². The maximum Gasteiger partial charge on any atom is 0.282 e. The lowest BCUT2D eigenvalue weighted by Crippen LogP contribution is -3.12. The Kier molecular flexibility index (Phi) is 5.51. The molecule has 2 atom stereocenters. The summed E-state index contributed by atoms with van der Waals surface area (Å²) < 4.78 is 0. The average Bonchev–Trinajstić information content (AvgIpc) is 2.56. The van der Waals surface area contributed by atoms with E-state index in [0.717, 1.165) is 11.4 Å². The van der Waals surface area contributed by atoms with Crippen LogP contribution in [-0.4, -0.2) is 19.0 Å². The van der Waals surface area contributed by atoms with Crippen molar-refractivity contribution >= 4 is 11.6 Å². The van der Waals surface area contributed by atoms with Crippen LogP contribution in [0.15, 0.2) is 48.5 Å². The second-order valence-electron chi connectivity index (χ2n) is 5.82. The number of hydrogen-bond acceptors (Lipinski definition) is 2. The van der Waals surface area contributed by atoms with E-state index in [9.17, 15) is 4.79 Å². The molecule has 0 heterocycles. The van der Waals surface area contributed by atoms with Crippen LogP contribution in [0.25, 0.3) is 0 Å². The van der Waals surface area contributed by atoms with Gasteiger partial charge in [0.25, 0.3) is 5.91 Å². The topological polar surface area (TPSA) is 57.3 Å². The number of anilines is 1. The maximum atomic E-state index is 12.5. The number of quaternary nitrogens is 1. The van der Waals surface area contributed by atoms with Gasteiger partial charge in [-0.3, -0.25) is 4.79 Å². The largest absolute Gasteiger partial charge is 0.324 e. The Balaban J connectivity index is 2.04. The van der Waals surface area contributed by atoms with Crippen LogP contribution < -0.4 is 10.2 Å². The summed E-state index contributed by atoms with van der Waals surface area (Å²) in [5, 5.41) is 12.0. The van der Waals surface area contributed by atoms with Crippen LogP contribution in [0.4, 0.5) is 5.69 Å². The molecule has 2 rings (SSSR count). The molecule has 0 aliphatic heterocycles. The molecule has 2 aromatic carbocycles. The number of para-hydroxylation sites is 1. The molecule has 4 heteroatoms. The Labute approximate surface area is 137 Å². The Morgan fingerprint density at radius 3 is 2.57 bits per heavy atom. The van der Waals surface area contributed by atoms with Gasteiger partial charge in [-0.1, -0.05) is 36.4 Å². The minimum Gasteiger partial charge on any atom is -0.324 e. The van der Waals surface area contributed by atoms with E-state index in [-0.39, 0.29) is 11.9 Å². The zero-order chi connectivity index (χ0) is 16.8. The van der Waals surface area contributed by atoms with E-state index in [2.05, 4.69) is 30.4 Å². The molecular formula is C19H22N3O+. The third kappa shape index (κ3) is 4.18. The number of nitriles is 1. The van der Waals surface area contributed by atoms with Gasteiger partial charge in [0.15, 0.2) is 6.04 Å². The summed E-state index contributed by atoms with van der Waals surface area (Å²) in [5.41, 5.74) is 3.51. The minimum atomic E-state index is -0.221. The summed E-state index contributed by atoms with van der Waals surface area (Å²) >= 11 is 0. The highest BCUT2D eigenvalue weighted by Crippen LogP contribution is 2.13. The van der Waals surface area contributed by atoms with Gasteiger partial charge in [0, 0.05) is 5.56 Å². The first-order valence-corrected chi connectivity index (χ1v) is 7.69. The zero-order valence-electron chi connectivity index (χ0n) is 13.8. The number of benzene rings is 2. The molecule has 2 aromatic rings. The van der Waals surface area contributed by atoms with Crippen molar-refractivity contribution in [3.05, 3.63) is 65.2 Å². The van der Waals surface area contributed by atoms with Crippen LogP contribution in [0.5, 0.6) is 0 Å². The molecule has 0 saturated carbocycles. The normalized spacial score (nSPS) is 13.0. The van der Waals surface area contributed by atoms with Crippen LogP contribution in [0.3, 0.4) is 0 Å². The van der Waals surface area contributed by atoms with Gasteiger partial charge in [0.1, 0.15) is 12.6 Å². The van der Waals surface area contributed by atoms with Crippen LogP contribution in [0.2, 0.25) is 0 Å². The predicted octanol–water partition coefficient (Wildman–Crippen LogP) is 1.91. The van der Waals surface area contributed by atoms with E-state index >= 15 is 0 Å². The van der Waals surface area contributed by atoms with Gasteiger partial charge < -0.3 is 10.2 Å². The summed E-state index contributed by atoms with van der Waals surface area (Å²) in [6.07, 6.45) is 0. The first-order valence-electron chi connectivity index (χ1n) is 7.69. The number of nitrogens with zero attached hydrogens (tertiary/aromatic N) is 1. The van der Waals surface area contributed by atoms with E-state index in [0.29, 0.717) is 11.3 Å². The Morgan fingerprint density at radius 2 is 1.87 bits per heavy atom. The molecule has 0 aromatic heterocycles. The quantitative estimate of drug-likeness (QED) is 0.886. The Morgan fingerprint density at radius 1 is 1.22 bits per heavy atom. The highest BCUT2D eigenvalue weighted by atomic mass is 16.2. The summed E-state index contributed by atoms with van der Waals surface area (Å²) in [4.78, 5) is 13.6. The number of amides is 1. The molecule has 23 heavy (non-hydrogen) atoms. The van der Waals surface area contributed by atoms with Gasteiger partial charge in [-0.2, -0.15) is 5.26 Å². The highest BCUT2D eigenvalue weighted by Gasteiger charge is 2.23. The van der Waals surface area contributed by atoms with Gasteiger partial charge in [-0.15, -0.1) is 0 Å².